The molecule has 2 rings (SSSR count). The second-order valence-electron chi connectivity index (χ2n) is 5.25. The monoisotopic (exact) mass is 326 g/mol. The molecule has 0 aliphatic heterocycles. The molecule has 0 radical (unpaired) electrons. The third-order valence-electron chi connectivity index (χ3n) is 3.47. The largest absolute Gasteiger partial charge is 0.493 e. The smallest absolute Gasteiger partial charge is 0.232 e. The molecule has 0 aromatic heterocycles. The Morgan fingerprint density at radius 1 is 1.10 bits per heavy atom. The summed E-state index contributed by atoms with van der Waals surface area (Å²) in [4.78, 5) is 0. The lowest BCUT2D eigenvalue weighted by Crippen LogP contribution is -2.08. The van der Waals surface area contributed by atoms with E-state index in [1.165, 1.54) is 0 Å². The predicted octanol–water partition coefficient (Wildman–Crippen LogP) is 4.20. The van der Waals surface area contributed by atoms with Crippen LogP contribution in [-0.4, -0.2) is 20.8 Å². The SMILES string of the molecule is CC(CCOc1cccc2ccccc12)CCS(=O)(=O)Cl. The lowest BCUT2D eigenvalue weighted by Gasteiger charge is -2.13. The van der Waals surface area contributed by atoms with Crippen molar-refractivity contribution < 1.29 is 13.2 Å². The molecule has 2 aromatic rings. The van der Waals surface area contributed by atoms with E-state index in [4.69, 9.17) is 15.4 Å². The van der Waals surface area contributed by atoms with E-state index < -0.39 is 9.05 Å². The van der Waals surface area contributed by atoms with Crippen molar-refractivity contribution in [2.45, 2.75) is 19.8 Å². The summed E-state index contributed by atoms with van der Waals surface area (Å²) in [7, 11) is 1.82. The zero-order chi connectivity index (χ0) is 15.3. The van der Waals surface area contributed by atoms with Gasteiger partial charge in [0.1, 0.15) is 5.75 Å². The zero-order valence-electron chi connectivity index (χ0n) is 12.0. The van der Waals surface area contributed by atoms with Crippen molar-refractivity contribution in [1.29, 1.82) is 0 Å². The third-order valence-corrected chi connectivity index (χ3v) is 4.66. The number of hydrogen-bond donors (Lipinski definition) is 0. The molecule has 0 bridgehead atoms. The summed E-state index contributed by atoms with van der Waals surface area (Å²) in [5, 5.41) is 2.24. The van der Waals surface area contributed by atoms with E-state index in [9.17, 15) is 8.42 Å². The second-order valence-corrected chi connectivity index (χ2v) is 8.15. The minimum absolute atomic E-state index is 0.0178. The Hall–Kier alpha value is -1.26. The van der Waals surface area contributed by atoms with E-state index in [-0.39, 0.29) is 11.7 Å². The normalized spacial score (nSPS) is 13.2. The van der Waals surface area contributed by atoms with Gasteiger partial charge in [0, 0.05) is 16.1 Å². The van der Waals surface area contributed by atoms with Crippen molar-refractivity contribution in [3.63, 3.8) is 0 Å². The predicted molar refractivity (Wildman–Crippen MR) is 87.5 cm³/mol. The van der Waals surface area contributed by atoms with Gasteiger partial charge >= 0.3 is 0 Å². The molecule has 3 nitrogen and oxygen atoms in total. The Morgan fingerprint density at radius 3 is 2.57 bits per heavy atom. The van der Waals surface area contributed by atoms with Gasteiger partial charge in [-0.3, -0.25) is 0 Å². The summed E-state index contributed by atoms with van der Waals surface area (Å²) in [6.07, 6.45) is 1.36. The number of ether oxygens (including phenoxy) is 1. The van der Waals surface area contributed by atoms with Crippen LogP contribution in [0.3, 0.4) is 0 Å². The van der Waals surface area contributed by atoms with Crippen molar-refractivity contribution in [3.05, 3.63) is 42.5 Å². The number of rotatable bonds is 7. The molecule has 0 spiro atoms. The van der Waals surface area contributed by atoms with Crippen LogP contribution in [0.15, 0.2) is 42.5 Å². The molecule has 5 heteroatoms. The summed E-state index contributed by atoms with van der Waals surface area (Å²) in [6, 6.07) is 14.1. The van der Waals surface area contributed by atoms with E-state index in [0.717, 1.165) is 22.9 Å². The van der Waals surface area contributed by atoms with Crippen LogP contribution in [0.2, 0.25) is 0 Å². The van der Waals surface area contributed by atoms with E-state index in [0.29, 0.717) is 13.0 Å². The highest BCUT2D eigenvalue weighted by Gasteiger charge is 2.10. The Bertz CT molecular complexity index is 692. The number of halogens is 1. The minimum atomic E-state index is -3.39. The van der Waals surface area contributed by atoms with Crippen molar-refractivity contribution in [2.24, 2.45) is 5.92 Å². The highest BCUT2D eigenvalue weighted by atomic mass is 35.7. The first kappa shape index (κ1) is 16.1. The molecule has 0 N–H and O–H groups in total. The van der Waals surface area contributed by atoms with E-state index in [1.807, 2.05) is 37.3 Å². The van der Waals surface area contributed by atoms with Gasteiger partial charge in [0.2, 0.25) is 9.05 Å². The van der Waals surface area contributed by atoms with E-state index in [2.05, 4.69) is 12.1 Å². The fourth-order valence-corrected chi connectivity index (χ4v) is 3.13. The molecule has 0 saturated heterocycles. The van der Waals surface area contributed by atoms with Gasteiger partial charge in [-0.05, 0) is 30.2 Å². The molecule has 1 unspecified atom stereocenters. The summed E-state index contributed by atoms with van der Waals surface area (Å²) in [6.45, 7) is 2.58. The summed E-state index contributed by atoms with van der Waals surface area (Å²) >= 11 is 0. The maximum Gasteiger partial charge on any atom is 0.232 e. The average molecular weight is 327 g/mol. The summed E-state index contributed by atoms with van der Waals surface area (Å²) in [5.74, 6) is 1.14. The highest BCUT2D eigenvalue weighted by molar-refractivity contribution is 8.13. The van der Waals surface area contributed by atoms with Crippen molar-refractivity contribution in [1.82, 2.24) is 0 Å². The Morgan fingerprint density at radius 2 is 1.81 bits per heavy atom. The van der Waals surface area contributed by atoms with Gasteiger partial charge in [0.15, 0.2) is 0 Å². The molecule has 0 aliphatic rings. The average Bonchev–Trinajstić information content (AvgIpc) is 2.45. The van der Waals surface area contributed by atoms with Crippen LogP contribution in [0.1, 0.15) is 19.8 Å². The molecule has 21 heavy (non-hydrogen) atoms. The van der Waals surface area contributed by atoms with Crippen LogP contribution in [-0.2, 0) is 9.05 Å². The van der Waals surface area contributed by atoms with Crippen LogP contribution in [0.4, 0.5) is 0 Å². The van der Waals surface area contributed by atoms with Gasteiger partial charge in [-0.25, -0.2) is 8.42 Å². The first-order chi connectivity index (χ1) is 9.96. The van der Waals surface area contributed by atoms with Crippen molar-refractivity contribution in [2.75, 3.05) is 12.4 Å². The van der Waals surface area contributed by atoms with Crippen LogP contribution >= 0.6 is 10.7 Å². The molecule has 2 aromatic carbocycles. The molecule has 1 atom stereocenters. The van der Waals surface area contributed by atoms with Gasteiger partial charge in [-0.15, -0.1) is 0 Å². The van der Waals surface area contributed by atoms with Crippen LogP contribution < -0.4 is 4.74 Å². The topological polar surface area (TPSA) is 43.4 Å². The lowest BCUT2D eigenvalue weighted by molar-refractivity contribution is 0.285. The fraction of sp³-hybridized carbons (Fsp3) is 0.375. The Kier molecular flexibility index (Phi) is 5.48. The summed E-state index contributed by atoms with van der Waals surface area (Å²) in [5.41, 5.74) is 0. The molecule has 0 amide bonds. The quantitative estimate of drug-likeness (QED) is 0.716. The van der Waals surface area contributed by atoms with E-state index in [1.54, 1.807) is 0 Å². The molecule has 0 heterocycles. The molecule has 0 fully saturated rings. The molecular weight excluding hydrogens is 308 g/mol. The van der Waals surface area contributed by atoms with Gasteiger partial charge in [0.25, 0.3) is 0 Å². The summed E-state index contributed by atoms with van der Waals surface area (Å²) < 4.78 is 27.7. The van der Waals surface area contributed by atoms with Gasteiger partial charge < -0.3 is 4.74 Å². The van der Waals surface area contributed by atoms with Gasteiger partial charge in [-0.1, -0.05) is 43.3 Å². The number of fused-ring (bicyclic) bond motifs is 1. The Balaban J connectivity index is 1.88. The van der Waals surface area contributed by atoms with Crippen molar-refractivity contribution >= 4 is 30.5 Å². The minimum Gasteiger partial charge on any atom is -0.493 e. The Labute approximate surface area is 130 Å². The van der Waals surface area contributed by atoms with E-state index >= 15 is 0 Å². The molecular formula is C16H19ClO3S. The molecule has 0 saturated carbocycles. The zero-order valence-corrected chi connectivity index (χ0v) is 13.5. The fourth-order valence-electron chi connectivity index (χ4n) is 2.18. The third kappa shape index (κ3) is 5.21. The van der Waals surface area contributed by atoms with Crippen LogP contribution in [0, 0.1) is 5.92 Å². The van der Waals surface area contributed by atoms with Gasteiger partial charge in [0.05, 0.1) is 12.4 Å². The highest BCUT2D eigenvalue weighted by Crippen LogP contribution is 2.25. The second kappa shape index (κ2) is 7.14. The van der Waals surface area contributed by atoms with Crippen LogP contribution in [0.5, 0.6) is 5.75 Å². The van der Waals surface area contributed by atoms with Crippen molar-refractivity contribution in [3.8, 4) is 5.75 Å². The first-order valence-corrected chi connectivity index (χ1v) is 9.46. The maximum atomic E-state index is 10.9. The molecule has 114 valence electrons. The number of benzene rings is 2. The lowest BCUT2D eigenvalue weighted by atomic mass is 10.1. The first-order valence-electron chi connectivity index (χ1n) is 6.98. The molecule has 0 aliphatic carbocycles. The van der Waals surface area contributed by atoms with Gasteiger partial charge in [-0.2, -0.15) is 0 Å². The number of hydrogen-bond acceptors (Lipinski definition) is 3. The maximum absolute atomic E-state index is 10.9. The van der Waals surface area contributed by atoms with Crippen LogP contribution in [0.25, 0.3) is 10.8 Å². The standard InChI is InChI=1S/C16H19ClO3S/c1-13(10-12-21(17,18)19)9-11-20-16-8-4-6-14-5-2-3-7-15(14)16/h2-8,13H,9-12H2,1H3.